The van der Waals surface area contributed by atoms with Gasteiger partial charge >= 0.3 is 0 Å². The van der Waals surface area contributed by atoms with Crippen molar-refractivity contribution in [3.8, 4) is 11.1 Å². The lowest BCUT2D eigenvalue weighted by atomic mass is 10.00. The van der Waals surface area contributed by atoms with Crippen molar-refractivity contribution >= 4 is 52.8 Å². The maximum atomic E-state index is 14.3. The average Bonchev–Trinajstić information content (AvgIpc) is 3.29. The van der Waals surface area contributed by atoms with Crippen LogP contribution in [0, 0.1) is 11.6 Å². The van der Waals surface area contributed by atoms with E-state index in [2.05, 4.69) is 40.8 Å². The number of pyridine rings is 1. The Morgan fingerprint density at radius 2 is 1.94 bits per heavy atom. The number of hydrogen-bond donors (Lipinski definition) is 4. The monoisotopic (exact) mass is 498 g/mol. The highest BCUT2D eigenvalue weighted by atomic mass is 32.2. The van der Waals surface area contributed by atoms with Crippen molar-refractivity contribution in [2.75, 3.05) is 16.2 Å². The van der Waals surface area contributed by atoms with Crippen molar-refractivity contribution in [3.63, 3.8) is 0 Å². The first-order chi connectivity index (χ1) is 16.4. The third kappa shape index (κ3) is 5.60. The standard InChI is InChI=1S/C22H16F2N4OS.C3H8S/c1-2-30-28-14-5-3-12(4-6-14)13-9-15-16(11-27-22(15)26-10-13)21(29)19-17(23)7-8-18(25)20(19)24;1-2-3-4/h2-11,28H,1,25H2,(H,26,27);4H,2-3H2,1H3. The molecule has 34 heavy (non-hydrogen) atoms. The topological polar surface area (TPSA) is 83.8 Å². The third-order valence-corrected chi connectivity index (χ3v) is 5.79. The molecule has 2 aromatic carbocycles. The Morgan fingerprint density at radius 1 is 1.24 bits per heavy atom. The molecular weight excluding hydrogens is 474 g/mol. The maximum Gasteiger partial charge on any atom is 0.201 e. The zero-order valence-electron chi connectivity index (χ0n) is 18.4. The second-order valence-electron chi connectivity index (χ2n) is 7.16. The number of nitrogens with two attached hydrogens (primary N) is 1. The summed E-state index contributed by atoms with van der Waals surface area (Å²) in [5, 5.41) is 2.14. The number of aromatic amines is 1. The van der Waals surface area contributed by atoms with Crippen LogP contribution in [0.5, 0.6) is 0 Å². The van der Waals surface area contributed by atoms with Crippen LogP contribution in [0.3, 0.4) is 0 Å². The minimum Gasteiger partial charge on any atom is -0.396 e. The molecule has 5 nitrogen and oxygen atoms in total. The molecule has 0 fully saturated rings. The van der Waals surface area contributed by atoms with Crippen molar-refractivity contribution in [2.24, 2.45) is 0 Å². The molecule has 2 heterocycles. The Balaban J connectivity index is 0.000000751. The lowest BCUT2D eigenvalue weighted by Crippen LogP contribution is -2.09. The van der Waals surface area contributed by atoms with Crippen LogP contribution in [0.15, 0.2) is 66.8 Å². The fourth-order valence-electron chi connectivity index (χ4n) is 3.10. The molecule has 0 saturated heterocycles. The molecule has 4 N–H and O–H groups in total. The average molecular weight is 499 g/mol. The Bertz CT molecular complexity index is 1300. The van der Waals surface area contributed by atoms with E-state index in [1.165, 1.54) is 24.6 Å². The lowest BCUT2D eigenvalue weighted by Gasteiger charge is -2.07. The number of thiol groups is 1. The number of rotatable bonds is 7. The van der Waals surface area contributed by atoms with Gasteiger partial charge in [-0.1, -0.05) is 25.6 Å². The van der Waals surface area contributed by atoms with Crippen LogP contribution >= 0.6 is 24.6 Å². The highest BCUT2D eigenvalue weighted by Gasteiger charge is 2.23. The van der Waals surface area contributed by atoms with Crippen molar-refractivity contribution in [1.29, 1.82) is 0 Å². The Kier molecular flexibility index (Phi) is 8.72. The van der Waals surface area contributed by atoms with E-state index in [1.807, 2.05) is 24.3 Å². The van der Waals surface area contributed by atoms with Crippen LogP contribution in [0.25, 0.3) is 22.2 Å². The van der Waals surface area contributed by atoms with E-state index < -0.39 is 23.0 Å². The number of fused-ring (bicyclic) bond motifs is 1. The number of nitrogen functional groups attached to an aromatic ring is 1. The van der Waals surface area contributed by atoms with Crippen LogP contribution in [0.4, 0.5) is 20.2 Å². The molecule has 4 aromatic rings. The molecular formula is C25H24F2N4OS2. The summed E-state index contributed by atoms with van der Waals surface area (Å²) in [5.74, 6) is -1.83. The van der Waals surface area contributed by atoms with Crippen LogP contribution < -0.4 is 10.5 Å². The molecule has 0 aliphatic heterocycles. The summed E-state index contributed by atoms with van der Waals surface area (Å²) in [6.07, 6.45) is 4.24. The molecule has 0 spiro atoms. The molecule has 0 bridgehead atoms. The largest absolute Gasteiger partial charge is 0.396 e. The molecule has 0 radical (unpaired) electrons. The van der Waals surface area contributed by atoms with Crippen molar-refractivity contribution in [3.05, 3.63) is 89.6 Å². The molecule has 0 aliphatic rings. The number of nitrogens with zero attached hydrogens (tertiary/aromatic N) is 1. The first kappa shape index (κ1) is 25.3. The van der Waals surface area contributed by atoms with E-state index in [0.717, 1.165) is 34.7 Å². The summed E-state index contributed by atoms with van der Waals surface area (Å²) in [6.45, 7) is 5.74. The Labute approximate surface area is 206 Å². The number of hydrogen-bond acceptors (Lipinski definition) is 6. The summed E-state index contributed by atoms with van der Waals surface area (Å²) in [4.78, 5) is 20.1. The summed E-state index contributed by atoms with van der Waals surface area (Å²) in [6, 6.07) is 11.4. The van der Waals surface area contributed by atoms with Gasteiger partial charge in [0.15, 0.2) is 5.82 Å². The third-order valence-electron chi connectivity index (χ3n) is 4.83. The number of carbonyl (C=O) groups is 1. The highest BCUT2D eigenvalue weighted by Crippen LogP contribution is 2.29. The number of H-pyrrole nitrogens is 1. The number of ketones is 1. The number of halogens is 2. The van der Waals surface area contributed by atoms with Gasteiger partial charge in [0.05, 0.1) is 11.3 Å². The van der Waals surface area contributed by atoms with E-state index in [-0.39, 0.29) is 11.3 Å². The van der Waals surface area contributed by atoms with Crippen LogP contribution in [-0.4, -0.2) is 21.5 Å². The lowest BCUT2D eigenvalue weighted by molar-refractivity contribution is 0.103. The molecule has 0 atom stereocenters. The van der Waals surface area contributed by atoms with Gasteiger partial charge in [-0.3, -0.25) is 4.79 Å². The van der Waals surface area contributed by atoms with E-state index >= 15 is 0 Å². The predicted octanol–water partition coefficient (Wildman–Crippen LogP) is 6.85. The van der Waals surface area contributed by atoms with Gasteiger partial charge in [0.2, 0.25) is 5.78 Å². The van der Waals surface area contributed by atoms with Gasteiger partial charge in [-0.15, -0.1) is 0 Å². The minimum absolute atomic E-state index is 0.114. The minimum atomic E-state index is -1.07. The van der Waals surface area contributed by atoms with E-state index in [4.69, 9.17) is 5.73 Å². The van der Waals surface area contributed by atoms with Gasteiger partial charge in [-0.2, -0.15) is 12.6 Å². The van der Waals surface area contributed by atoms with Gasteiger partial charge < -0.3 is 15.4 Å². The predicted molar refractivity (Wildman–Crippen MR) is 141 cm³/mol. The number of benzene rings is 2. The first-order valence-electron chi connectivity index (χ1n) is 10.4. The smallest absolute Gasteiger partial charge is 0.201 e. The molecule has 0 saturated carbocycles. The molecule has 4 rings (SSSR count). The summed E-state index contributed by atoms with van der Waals surface area (Å²) in [5.41, 5.74) is 7.62. The molecule has 2 aromatic heterocycles. The van der Waals surface area contributed by atoms with Gasteiger partial charge in [-0.05, 0) is 65.4 Å². The molecule has 176 valence electrons. The Morgan fingerprint density at radius 3 is 2.59 bits per heavy atom. The second kappa shape index (κ2) is 11.7. The van der Waals surface area contributed by atoms with Gasteiger partial charge in [0.1, 0.15) is 11.5 Å². The van der Waals surface area contributed by atoms with Crippen molar-refractivity contribution < 1.29 is 13.6 Å². The number of carbonyl (C=O) groups excluding carboxylic acids is 1. The number of anilines is 2. The van der Waals surface area contributed by atoms with Crippen molar-refractivity contribution in [1.82, 2.24) is 9.97 Å². The fourth-order valence-corrected chi connectivity index (χ4v) is 3.46. The van der Waals surface area contributed by atoms with Crippen LogP contribution in [-0.2, 0) is 0 Å². The van der Waals surface area contributed by atoms with Gasteiger partial charge in [0, 0.05) is 34.6 Å². The Hall–Kier alpha value is -3.30. The zero-order valence-corrected chi connectivity index (χ0v) is 20.1. The zero-order chi connectivity index (χ0) is 24.7. The molecule has 0 amide bonds. The number of nitrogens with one attached hydrogen (secondary N) is 2. The molecule has 0 unspecified atom stereocenters. The van der Waals surface area contributed by atoms with Crippen LogP contribution in [0.1, 0.15) is 29.3 Å². The molecule has 0 aliphatic carbocycles. The van der Waals surface area contributed by atoms with Crippen molar-refractivity contribution in [2.45, 2.75) is 13.3 Å². The fraction of sp³-hybridized carbons (Fsp3) is 0.120. The van der Waals surface area contributed by atoms with Crippen LogP contribution in [0.2, 0.25) is 0 Å². The maximum absolute atomic E-state index is 14.3. The van der Waals surface area contributed by atoms with E-state index in [1.54, 1.807) is 17.7 Å². The molecule has 9 heteroatoms. The normalized spacial score (nSPS) is 10.5. The summed E-state index contributed by atoms with van der Waals surface area (Å²) in [7, 11) is 0. The highest BCUT2D eigenvalue weighted by molar-refractivity contribution is 8.03. The quantitative estimate of drug-likeness (QED) is 0.0969. The first-order valence-corrected chi connectivity index (χ1v) is 11.9. The second-order valence-corrected chi connectivity index (χ2v) is 8.39. The number of aromatic nitrogens is 2. The SMILES string of the molecule is C=CSNc1ccc(-c2cnc3[nH]cc(C(=O)c4c(F)ccc(N)c4F)c3c2)cc1.CCCS. The van der Waals surface area contributed by atoms with E-state index in [9.17, 15) is 13.6 Å². The van der Waals surface area contributed by atoms with Gasteiger partial charge in [0.25, 0.3) is 0 Å². The summed E-state index contributed by atoms with van der Waals surface area (Å²) >= 11 is 5.28. The summed E-state index contributed by atoms with van der Waals surface area (Å²) < 4.78 is 31.6. The van der Waals surface area contributed by atoms with E-state index in [0.29, 0.717) is 11.0 Å². The van der Waals surface area contributed by atoms with Gasteiger partial charge in [-0.25, -0.2) is 13.8 Å².